The van der Waals surface area contributed by atoms with E-state index in [0.29, 0.717) is 6.04 Å². The summed E-state index contributed by atoms with van der Waals surface area (Å²) in [5, 5.41) is 5.66. The molecule has 18 heavy (non-hydrogen) atoms. The first-order valence-electron chi connectivity index (χ1n) is 7.79. The Balaban J connectivity index is 1.66. The van der Waals surface area contributed by atoms with Gasteiger partial charge in [-0.3, -0.25) is 4.99 Å². The zero-order valence-corrected chi connectivity index (χ0v) is 12.8. The van der Waals surface area contributed by atoms with Crippen LogP contribution in [0.5, 0.6) is 0 Å². The standard InChI is InChI=1S/C15H28N2S/c1-3-5-12-7-9-13(10-8-12)17-15-16-11-14(18-15)6-4-2/h12-14H,3-11H2,1-2H3,(H,16,17). The van der Waals surface area contributed by atoms with Crippen LogP contribution < -0.4 is 5.32 Å². The number of nitrogens with zero attached hydrogens (tertiary/aromatic N) is 1. The normalized spacial score (nSPS) is 32.3. The molecule has 2 nitrogen and oxygen atoms in total. The third-order valence-electron chi connectivity index (χ3n) is 4.20. The monoisotopic (exact) mass is 268 g/mol. The Bertz CT molecular complexity index is 270. The average Bonchev–Trinajstić information content (AvgIpc) is 2.80. The number of thioether (sulfide) groups is 1. The van der Waals surface area contributed by atoms with E-state index in [9.17, 15) is 0 Å². The van der Waals surface area contributed by atoms with Crippen molar-refractivity contribution in [1.29, 1.82) is 0 Å². The van der Waals surface area contributed by atoms with E-state index in [1.54, 1.807) is 0 Å². The van der Waals surface area contributed by atoms with Gasteiger partial charge in [-0.15, -0.1) is 0 Å². The quantitative estimate of drug-likeness (QED) is 0.808. The van der Waals surface area contributed by atoms with Gasteiger partial charge in [0.2, 0.25) is 0 Å². The van der Waals surface area contributed by atoms with Crippen molar-refractivity contribution in [3.63, 3.8) is 0 Å². The minimum Gasteiger partial charge on any atom is -0.362 e. The van der Waals surface area contributed by atoms with E-state index in [2.05, 4.69) is 24.2 Å². The molecule has 1 heterocycles. The number of nitrogens with one attached hydrogen (secondary N) is 1. The molecule has 0 aromatic heterocycles. The molecule has 0 saturated heterocycles. The lowest BCUT2D eigenvalue weighted by Crippen LogP contribution is -2.35. The van der Waals surface area contributed by atoms with E-state index < -0.39 is 0 Å². The summed E-state index contributed by atoms with van der Waals surface area (Å²) in [6.07, 6.45) is 10.9. The second-order valence-corrected chi connectivity index (χ2v) is 7.11. The number of hydrogen-bond acceptors (Lipinski definition) is 3. The molecule has 2 rings (SSSR count). The molecule has 1 unspecified atom stereocenters. The lowest BCUT2D eigenvalue weighted by atomic mass is 9.84. The number of amidine groups is 1. The molecule has 1 fully saturated rings. The van der Waals surface area contributed by atoms with Crippen LogP contribution in [0.2, 0.25) is 0 Å². The Morgan fingerprint density at radius 2 is 1.83 bits per heavy atom. The molecule has 1 saturated carbocycles. The highest BCUT2D eigenvalue weighted by molar-refractivity contribution is 8.14. The highest BCUT2D eigenvalue weighted by Gasteiger charge is 2.24. The largest absolute Gasteiger partial charge is 0.362 e. The van der Waals surface area contributed by atoms with E-state index in [4.69, 9.17) is 0 Å². The van der Waals surface area contributed by atoms with Gasteiger partial charge in [0.15, 0.2) is 5.17 Å². The summed E-state index contributed by atoms with van der Waals surface area (Å²) < 4.78 is 0. The van der Waals surface area contributed by atoms with Gasteiger partial charge in [-0.1, -0.05) is 44.9 Å². The summed E-state index contributed by atoms with van der Waals surface area (Å²) in [7, 11) is 0. The first-order chi connectivity index (χ1) is 8.81. The SMILES string of the molecule is CCCC1CCC(NC2=NCC(CCC)S2)CC1. The Hall–Kier alpha value is -0.180. The fourth-order valence-corrected chi connectivity index (χ4v) is 4.35. The van der Waals surface area contributed by atoms with Crippen molar-refractivity contribution < 1.29 is 0 Å². The van der Waals surface area contributed by atoms with Crippen LogP contribution in [-0.2, 0) is 0 Å². The van der Waals surface area contributed by atoms with Crippen LogP contribution in [-0.4, -0.2) is 23.0 Å². The number of rotatable bonds is 5. The first kappa shape index (κ1) is 14.2. The highest BCUT2D eigenvalue weighted by Crippen LogP contribution is 2.29. The van der Waals surface area contributed by atoms with Crippen molar-refractivity contribution in [1.82, 2.24) is 5.32 Å². The predicted molar refractivity (Wildman–Crippen MR) is 82.4 cm³/mol. The molecular formula is C15H28N2S. The molecule has 0 amide bonds. The molecule has 0 bridgehead atoms. The Kier molecular flexibility index (Phi) is 5.87. The summed E-state index contributed by atoms with van der Waals surface area (Å²) in [6.45, 7) is 5.61. The predicted octanol–water partition coefficient (Wildman–Crippen LogP) is 4.21. The average molecular weight is 268 g/mol. The zero-order valence-electron chi connectivity index (χ0n) is 12.0. The van der Waals surface area contributed by atoms with Crippen molar-refractivity contribution in [3.05, 3.63) is 0 Å². The maximum Gasteiger partial charge on any atom is 0.157 e. The van der Waals surface area contributed by atoms with Crippen molar-refractivity contribution in [3.8, 4) is 0 Å². The Labute approximate surface area is 116 Å². The van der Waals surface area contributed by atoms with Gasteiger partial charge in [0.1, 0.15) is 0 Å². The fraction of sp³-hybridized carbons (Fsp3) is 0.933. The molecule has 2 aliphatic rings. The van der Waals surface area contributed by atoms with E-state index in [1.807, 2.05) is 11.8 Å². The maximum atomic E-state index is 4.65. The molecule has 104 valence electrons. The molecular weight excluding hydrogens is 240 g/mol. The van der Waals surface area contributed by atoms with E-state index in [0.717, 1.165) is 17.7 Å². The first-order valence-corrected chi connectivity index (χ1v) is 8.67. The molecule has 0 spiro atoms. The molecule has 1 aliphatic heterocycles. The second kappa shape index (κ2) is 7.42. The summed E-state index contributed by atoms with van der Waals surface area (Å²) in [6, 6.07) is 0.699. The van der Waals surface area contributed by atoms with Gasteiger partial charge in [-0.2, -0.15) is 0 Å². The fourth-order valence-electron chi connectivity index (χ4n) is 3.15. The van der Waals surface area contributed by atoms with Crippen molar-refractivity contribution in [2.24, 2.45) is 10.9 Å². The Morgan fingerprint density at radius 3 is 2.50 bits per heavy atom. The van der Waals surface area contributed by atoms with E-state index in [1.165, 1.54) is 56.5 Å². The van der Waals surface area contributed by atoms with Crippen LogP contribution in [0, 0.1) is 5.92 Å². The van der Waals surface area contributed by atoms with Crippen molar-refractivity contribution in [2.45, 2.75) is 76.5 Å². The zero-order chi connectivity index (χ0) is 12.8. The topological polar surface area (TPSA) is 24.4 Å². The van der Waals surface area contributed by atoms with Crippen LogP contribution in [0.1, 0.15) is 65.2 Å². The van der Waals surface area contributed by atoms with Gasteiger partial charge in [0, 0.05) is 11.3 Å². The maximum absolute atomic E-state index is 4.65. The molecule has 1 N–H and O–H groups in total. The highest BCUT2D eigenvalue weighted by atomic mass is 32.2. The van der Waals surface area contributed by atoms with Crippen molar-refractivity contribution >= 4 is 16.9 Å². The lowest BCUT2D eigenvalue weighted by molar-refractivity contribution is 0.296. The van der Waals surface area contributed by atoms with Gasteiger partial charge in [0.05, 0.1) is 6.54 Å². The molecule has 0 aromatic carbocycles. The molecule has 0 radical (unpaired) electrons. The number of aliphatic imine (C=N–C) groups is 1. The van der Waals surface area contributed by atoms with Crippen LogP contribution in [0.3, 0.4) is 0 Å². The minimum atomic E-state index is 0.699. The van der Waals surface area contributed by atoms with E-state index >= 15 is 0 Å². The van der Waals surface area contributed by atoms with Crippen LogP contribution in [0.4, 0.5) is 0 Å². The summed E-state index contributed by atoms with van der Waals surface area (Å²) >= 11 is 1.98. The van der Waals surface area contributed by atoms with Crippen LogP contribution >= 0.6 is 11.8 Å². The second-order valence-electron chi connectivity index (χ2n) is 5.83. The van der Waals surface area contributed by atoms with Crippen molar-refractivity contribution in [2.75, 3.05) is 6.54 Å². The van der Waals surface area contributed by atoms with Gasteiger partial charge in [-0.25, -0.2) is 0 Å². The molecule has 3 heteroatoms. The minimum absolute atomic E-state index is 0.699. The van der Waals surface area contributed by atoms with E-state index in [-0.39, 0.29) is 0 Å². The van der Waals surface area contributed by atoms with Crippen LogP contribution in [0.25, 0.3) is 0 Å². The van der Waals surface area contributed by atoms with Gasteiger partial charge in [0.25, 0.3) is 0 Å². The van der Waals surface area contributed by atoms with Gasteiger partial charge >= 0.3 is 0 Å². The molecule has 1 atom stereocenters. The molecule has 1 aliphatic carbocycles. The van der Waals surface area contributed by atoms with Gasteiger partial charge in [-0.05, 0) is 38.0 Å². The van der Waals surface area contributed by atoms with Gasteiger partial charge < -0.3 is 5.32 Å². The summed E-state index contributed by atoms with van der Waals surface area (Å²) in [5.74, 6) is 0.999. The Morgan fingerprint density at radius 1 is 1.11 bits per heavy atom. The molecule has 0 aromatic rings. The third kappa shape index (κ3) is 4.18. The summed E-state index contributed by atoms with van der Waals surface area (Å²) in [5.41, 5.74) is 0. The smallest absolute Gasteiger partial charge is 0.157 e. The number of hydrogen-bond donors (Lipinski definition) is 1. The summed E-state index contributed by atoms with van der Waals surface area (Å²) in [4.78, 5) is 4.65. The lowest BCUT2D eigenvalue weighted by Gasteiger charge is -2.29. The van der Waals surface area contributed by atoms with Crippen LogP contribution in [0.15, 0.2) is 4.99 Å². The third-order valence-corrected chi connectivity index (χ3v) is 5.39.